The van der Waals surface area contributed by atoms with Crippen LogP contribution in [0.1, 0.15) is 49.0 Å². The van der Waals surface area contributed by atoms with Crippen LogP contribution in [-0.2, 0) is 15.9 Å². The van der Waals surface area contributed by atoms with Crippen molar-refractivity contribution in [2.75, 3.05) is 26.1 Å². The molecule has 0 spiro atoms. The SMILES string of the molecule is CCc1nc(C(=O)OC)c(N)n1C(C)C1CCOCC1. The number of carbonyl (C=O) groups is 1. The molecular formula is C14H23N3O3. The summed E-state index contributed by atoms with van der Waals surface area (Å²) in [6, 6.07) is 0.208. The van der Waals surface area contributed by atoms with Crippen molar-refractivity contribution in [3.8, 4) is 0 Å². The van der Waals surface area contributed by atoms with Crippen molar-refractivity contribution < 1.29 is 14.3 Å². The van der Waals surface area contributed by atoms with Gasteiger partial charge < -0.3 is 19.8 Å². The maximum atomic E-state index is 11.7. The van der Waals surface area contributed by atoms with Crippen molar-refractivity contribution in [1.29, 1.82) is 0 Å². The molecule has 0 aliphatic carbocycles. The summed E-state index contributed by atoms with van der Waals surface area (Å²) in [5.41, 5.74) is 6.36. The Morgan fingerprint density at radius 3 is 2.75 bits per heavy atom. The number of nitrogen functional groups attached to an aromatic ring is 1. The zero-order valence-electron chi connectivity index (χ0n) is 12.4. The van der Waals surface area contributed by atoms with Crippen LogP contribution in [0.4, 0.5) is 5.82 Å². The minimum atomic E-state index is -0.477. The smallest absolute Gasteiger partial charge is 0.360 e. The van der Waals surface area contributed by atoms with Gasteiger partial charge in [0.25, 0.3) is 0 Å². The van der Waals surface area contributed by atoms with Crippen LogP contribution in [0.5, 0.6) is 0 Å². The molecule has 2 N–H and O–H groups in total. The molecular weight excluding hydrogens is 258 g/mol. The molecule has 0 aromatic carbocycles. The first kappa shape index (κ1) is 14.8. The minimum Gasteiger partial charge on any atom is -0.464 e. The van der Waals surface area contributed by atoms with E-state index in [9.17, 15) is 4.79 Å². The number of rotatable bonds is 4. The summed E-state index contributed by atoms with van der Waals surface area (Å²) in [4.78, 5) is 16.1. The Morgan fingerprint density at radius 1 is 1.55 bits per heavy atom. The standard InChI is InChI=1S/C14H23N3O3/c1-4-11-16-12(14(18)19-3)13(15)17(11)9(2)10-5-7-20-8-6-10/h9-10H,4-8,15H2,1-3H3. The average molecular weight is 281 g/mol. The number of anilines is 1. The van der Waals surface area contributed by atoms with Gasteiger partial charge in [-0.25, -0.2) is 9.78 Å². The third-order valence-electron chi connectivity index (χ3n) is 4.07. The highest BCUT2D eigenvalue weighted by molar-refractivity contribution is 5.92. The number of methoxy groups -OCH3 is 1. The fourth-order valence-electron chi connectivity index (χ4n) is 2.85. The number of nitrogens with zero attached hydrogens (tertiary/aromatic N) is 2. The summed E-state index contributed by atoms with van der Waals surface area (Å²) in [5, 5.41) is 0. The van der Waals surface area contributed by atoms with Gasteiger partial charge >= 0.3 is 5.97 Å². The van der Waals surface area contributed by atoms with E-state index >= 15 is 0 Å². The summed E-state index contributed by atoms with van der Waals surface area (Å²) in [6.07, 6.45) is 2.75. The molecule has 112 valence electrons. The zero-order chi connectivity index (χ0) is 14.7. The summed E-state index contributed by atoms with van der Waals surface area (Å²) < 4.78 is 12.1. The number of ether oxygens (including phenoxy) is 2. The highest BCUT2D eigenvalue weighted by Crippen LogP contribution is 2.32. The predicted octanol–water partition coefficient (Wildman–Crippen LogP) is 1.80. The Labute approximate surface area is 119 Å². The Balaban J connectivity index is 2.33. The zero-order valence-corrected chi connectivity index (χ0v) is 12.4. The highest BCUT2D eigenvalue weighted by atomic mass is 16.5. The highest BCUT2D eigenvalue weighted by Gasteiger charge is 2.28. The Kier molecular flexibility index (Phi) is 4.65. The van der Waals surface area contributed by atoms with Gasteiger partial charge in [-0.1, -0.05) is 6.92 Å². The van der Waals surface area contributed by atoms with Gasteiger partial charge in [-0.3, -0.25) is 0 Å². The average Bonchev–Trinajstić information content (AvgIpc) is 2.83. The van der Waals surface area contributed by atoms with Gasteiger partial charge in [0.1, 0.15) is 11.6 Å². The molecule has 6 nitrogen and oxygen atoms in total. The summed E-state index contributed by atoms with van der Waals surface area (Å²) in [7, 11) is 1.34. The van der Waals surface area contributed by atoms with E-state index in [1.54, 1.807) is 0 Å². The second-order valence-corrected chi connectivity index (χ2v) is 5.17. The lowest BCUT2D eigenvalue weighted by Crippen LogP contribution is -2.26. The van der Waals surface area contributed by atoms with E-state index < -0.39 is 5.97 Å². The van der Waals surface area contributed by atoms with Gasteiger partial charge in [0.15, 0.2) is 5.69 Å². The van der Waals surface area contributed by atoms with E-state index in [4.69, 9.17) is 15.2 Å². The first-order valence-corrected chi connectivity index (χ1v) is 7.12. The summed E-state index contributed by atoms with van der Waals surface area (Å²) in [5.74, 6) is 1.26. The van der Waals surface area contributed by atoms with E-state index in [1.165, 1.54) is 7.11 Å². The second-order valence-electron chi connectivity index (χ2n) is 5.17. The first-order chi connectivity index (χ1) is 9.60. The second kappa shape index (κ2) is 6.26. The topological polar surface area (TPSA) is 79.4 Å². The van der Waals surface area contributed by atoms with E-state index in [0.717, 1.165) is 38.3 Å². The number of aryl methyl sites for hydroxylation is 1. The van der Waals surface area contributed by atoms with E-state index in [-0.39, 0.29) is 11.7 Å². The third kappa shape index (κ3) is 2.65. The Morgan fingerprint density at radius 2 is 2.20 bits per heavy atom. The normalized spacial score (nSPS) is 17.9. The number of carbonyl (C=O) groups excluding carboxylic acids is 1. The van der Waals surface area contributed by atoms with Crippen LogP contribution < -0.4 is 5.73 Å². The quantitative estimate of drug-likeness (QED) is 0.851. The van der Waals surface area contributed by atoms with E-state index in [0.29, 0.717) is 11.7 Å². The van der Waals surface area contributed by atoms with Gasteiger partial charge in [0, 0.05) is 25.7 Å². The van der Waals surface area contributed by atoms with Crippen molar-refractivity contribution >= 4 is 11.8 Å². The lowest BCUT2D eigenvalue weighted by molar-refractivity contribution is 0.0511. The minimum absolute atomic E-state index is 0.208. The van der Waals surface area contributed by atoms with Crippen LogP contribution >= 0.6 is 0 Å². The van der Waals surface area contributed by atoms with Crippen LogP contribution in [-0.4, -0.2) is 35.8 Å². The molecule has 0 bridgehead atoms. The molecule has 2 rings (SSSR count). The number of nitrogens with two attached hydrogens (primary N) is 1. The van der Waals surface area contributed by atoms with Crippen LogP contribution in [0.15, 0.2) is 0 Å². The van der Waals surface area contributed by atoms with Crippen molar-refractivity contribution in [2.24, 2.45) is 5.92 Å². The number of aromatic nitrogens is 2. The molecule has 1 aliphatic heterocycles. The van der Waals surface area contributed by atoms with Crippen LogP contribution in [0.3, 0.4) is 0 Å². The van der Waals surface area contributed by atoms with Crippen LogP contribution in [0.2, 0.25) is 0 Å². The molecule has 1 fully saturated rings. The van der Waals surface area contributed by atoms with Gasteiger partial charge in [-0.05, 0) is 25.7 Å². The monoisotopic (exact) mass is 281 g/mol. The molecule has 1 atom stereocenters. The molecule has 2 heterocycles. The lowest BCUT2D eigenvalue weighted by atomic mass is 9.92. The maximum Gasteiger partial charge on any atom is 0.360 e. The van der Waals surface area contributed by atoms with Gasteiger partial charge in [-0.2, -0.15) is 0 Å². The van der Waals surface area contributed by atoms with Crippen LogP contribution in [0.25, 0.3) is 0 Å². The lowest BCUT2D eigenvalue weighted by Gasteiger charge is -2.30. The number of hydrogen-bond acceptors (Lipinski definition) is 5. The molecule has 1 saturated heterocycles. The van der Waals surface area contributed by atoms with Crippen molar-refractivity contribution in [3.63, 3.8) is 0 Å². The van der Waals surface area contributed by atoms with Gasteiger partial charge in [0.05, 0.1) is 7.11 Å². The molecule has 1 aliphatic rings. The molecule has 0 saturated carbocycles. The van der Waals surface area contributed by atoms with Crippen molar-refractivity contribution in [3.05, 3.63) is 11.5 Å². The number of hydrogen-bond donors (Lipinski definition) is 1. The fourth-order valence-corrected chi connectivity index (χ4v) is 2.85. The molecule has 20 heavy (non-hydrogen) atoms. The Bertz CT molecular complexity index is 478. The largest absolute Gasteiger partial charge is 0.464 e. The fraction of sp³-hybridized carbons (Fsp3) is 0.714. The molecule has 1 aromatic heterocycles. The van der Waals surface area contributed by atoms with E-state index in [1.807, 2.05) is 11.5 Å². The molecule has 0 radical (unpaired) electrons. The molecule has 0 amide bonds. The van der Waals surface area contributed by atoms with Crippen molar-refractivity contribution in [1.82, 2.24) is 9.55 Å². The third-order valence-corrected chi connectivity index (χ3v) is 4.07. The maximum absolute atomic E-state index is 11.7. The molecule has 1 unspecified atom stereocenters. The summed E-state index contributed by atoms with van der Waals surface area (Å²) >= 11 is 0. The van der Waals surface area contributed by atoms with Crippen LogP contribution in [0, 0.1) is 5.92 Å². The van der Waals surface area contributed by atoms with Gasteiger partial charge in [0.2, 0.25) is 0 Å². The number of imidazole rings is 1. The molecule has 6 heteroatoms. The summed E-state index contributed by atoms with van der Waals surface area (Å²) in [6.45, 7) is 5.72. The Hall–Kier alpha value is -1.56. The first-order valence-electron chi connectivity index (χ1n) is 7.12. The predicted molar refractivity (Wildman–Crippen MR) is 75.6 cm³/mol. The van der Waals surface area contributed by atoms with Gasteiger partial charge in [-0.15, -0.1) is 0 Å². The molecule has 1 aromatic rings. The van der Waals surface area contributed by atoms with E-state index in [2.05, 4.69) is 11.9 Å². The number of esters is 1. The van der Waals surface area contributed by atoms with Crippen molar-refractivity contribution in [2.45, 2.75) is 39.2 Å².